The predicted octanol–water partition coefficient (Wildman–Crippen LogP) is -1.74. The fourth-order valence-electron chi connectivity index (χ4n) is 0.0821. The van der Waals surface area contributed by atoms with Crippen LogP contribution in [0, 0.1) is 0 Å². The molecule has 0 heterocycles. The summed E-state index contributed by atoms with van der Waals surface area (Å²) in [4.78, 5) is 9.70. The molecule has 4 heteroatoms. The molecule has 41 valence electrons. The van der Waals surface area contributed by atoms with Crippen molar-refractivity contribution in [3.63, 3.8) is 0 Å². The molecule has 0 bridgehead atoms. The number of primary amides is 1. The second kappa shape index (κ2) is 2.54. The fourth-order valence-corrected chi connectivity index (χ4v) is 0.0821. The first-order valence-electron chi connectivity index (χ1n) is 1.74. The van der Waals surface area contributed by atoms with Gasteiger partial charge in [-0.05, 0) is 0 Å². The zero-order valence-electron chi connectivity index (χ0n) is 3.63. The lowest BCUT2D eigenvalue weighted by Crippen LogP contribution is -2.30. The molecule has 3 N–H and O–H groups in total. The molecule has 0 fully saturated rings. The van der Waals surface area contributed by atoms with Crippen molar-refractivity contribution in [3.05, 3.63) is 0 Å². The summed E-state index contributed by atoms with van der Waals surface area (Å²) >= 11 is 0. The molecule has 0 aliphatic heterocycles. The van der Waals surface area contributed by atoms with Gasteiger partial charge in [0.25, 0.3) is 0 Å². The van der Waals surface area contributed by atoms with Crippen molar-refractivity contribution in [2.45, 2.75) is 6.10 Å². The van der Waals surface area contributed by atoms with Crippen molar-refractivity contribution < 1.29 is 15.0 Å². The van der Waals surface area contributed by atoms with Gasteiger partial charge in [0, 0.05) is 0 Å². The molecule has 0 saturated carbocycles. The van der Waals surface area contributed by atoms with E-state index in [1.165, 1.54) is 0 Å². The second-order valence-corrected chi connectivity index (χ2v) is 1.08. The second-order valence-electron chi connectivity index (χ2n) is 1.08. The molecular weight excluding hydrogens is 98.0 g/mol. The summed E-state index contributed by atoms with van der Waals surface area (Å²) in [6, 6.07) is 0. The number of aliphatic hydroxyl groups is 1. The van der Waals surface area contributed by atoms with Gasteiger partial charge in [0.2, 0.25) is 5.91 Å². The Labute approximate surface area is 40.6 Å². The zero-order chi connectivity index (χ0) is 5.86. The highest BCUT2D eigenvalue weighted by molar-refractivity contribution is 5.78. The van der Waals surface area contributed by atoms with Gasteiger partial charge >= 0.3 is 0 Å². The van der Waals surface area contributed by atoms with Crippen LogP contribution in [-0.4, -0.2) is 23.7 Å². The molecule has 0 aliphatic carbocycles. The smallest absolute Gasteiger partial charge is 0.248 e. The minimum absolute atomic E-state index is 0.852. The highest BCUT2D eigenvalue weighted by Crippen LogP contribution is 1.73. The lowest BCUT2D eigenvalue weighted by atomic mass is 10.4. The maximum Gasteiger partial charge on any atom is 0.248 e. The number of rotatable bonds is 2. The maximum atomic E-state index is 9.70. The van der Waals surface area contributed by atoms with Crippen LogP contribution in [0.2, 0.25) is 0 Å². The Kier molecular flexibility index (Phi) is 2.32. The maximum absolute atomic E-state index is 9.70. The van der Waals surface area contributed by atoms with E-state index in [0.717, 1.165) is 0 Å². The number of carbonyl (C=O) groups is 1. The molecule has 0 aromatic rings. The number of amides is 1. The van der Waals surface area contributed by atoms with E-state index in [4.69, 9.17) is 5.11 Å². The van der Waals surface area contributed by atoms with Gasteiger partial charge in [-0.2, -0.15) is 0 Å². The molecule has 1 radical (unpaired) electrons. The molecule has 1 amide bonds. The molecule has 0 saturated heterocycles. The van der Waals surface area contributed by atoms with E-state index in [1.807, 2.05) is 0 Å². The highest BCUT2D eigenvalue weighted by atomic mass is 16.3. The van der Waals surface area contributed by atoms with Crippen LogP contribution in [0.4, 0.5) is 0 Å². The molecule has 0 aromatic carbocycles. The third-order valence-corrected chi connectivity index (χ3v) is 0.486. The molecule has 0 unspecified atom stereocenters. The summed E-state index contributed by atoms with van der Waals surface area (Å²) in [5.74, 6) is -0.963. The number of nitrogens with two attached hydrogens (primary N) is 1. The molecule has 4 nitrogen and oxygen atoms in total. The van der Waals surface area contributed by atoms with E-state index in [-0.39, 0.29) is 0 Å². The minimum atomic E-state index is -1.51. The summed E-state index contributed by atoms with van der Waals surface area (Å²) in [5, 5.41) is 17.7. The number of aliphatic hydroxyl groups excluding tert-OH is 1. The zero-order valence-corrected chi connectivity index (χ0v) is 3.63. The normalized spacial score (nSPS) is 13.4. The quantitative estimate of drug-likeness (QED) is 0.436. The van der Waals surface area contributed by atoms with Crippen LogP contribution in [0.5, 0.6) is 0 Å². The van der Waals surface area contributed by atoms with Crippen molar-refractivity contribution in [1.82, 2.24) is 0 Å². The first-order chi connectivity index (χ1) is 3.18. The van der Waals surface area contributed by atoms with E-state index in [2.05, 4.69) is 5.73 Å². The van der Waals surface area contributed by atoms with Crippen LogP contribution in [0.15, 0.2) is 0 Å². The number of carbonyl (C=O) groups excluding carboxylic acids is 1. The summed E-state index contributed by atoms with van der Waals surface area (Å²) in [5.41, 5.74) is 4.46. The van der Waals surface area contributed by atoms with Gasteiger partial charge in [-0.1, -0.05) is 0 Å². The Morgan fingerprint density at radius 1 is 1.86 bits per heavy atom. The molecule has 0 rings (SSSR count). The first-order valence-corrected chi connectivity index (χ1v) is 1.74. The van der Waals surface area contributed by atoms with Crippen molar-refractivity contribution in [3.8, 4) is 0 Å². The van der Waals surface area contributed by atoms with E-state index >= 15 is 0 Å². The Morgan fingerprint density at radius 3 is 2.29 bits per heavy atom. The third kappa shape index (κ3) is 2.13. The van der Waals surface area contributed by atoms with Gasteiger partial charge in [-0.3, -0.25) is 4.79 Å². The van der Waals surface area contributed by atoms with Crippen molar-refractivity contribution in [2.75, 3.05) is 6.61 Å². The summed E-state index contributed by atoms with van der Waals surface area (Å²) in [6.07, 6.45) is -1.51. The topological polar surface area (TPSA) is 83.2 Å². The summed E-state index contributed by atoms with van der Waals surface area (Å²) in [7, 11) is 0. The predicted molar refractivity (Wildman–Crippen MR) is 20.8 cm³/mol. The fraction of sp³-hybridized carbons (Fsp3) is 0.667. The SMILES string of the molecule is NC(=O)[C@@H](O)C[O]. The van der Waals surface area contributed by atoms with E-state index in [9.17, 15) is 9.90 Å². The Hall–Kier alpha value is -0.610. The van der Waals surface area contributed by atoms with Gasteiger partial charge in [0.15, 0.2) is 6.10 Å². The highest BCUT2D eigenvalue weighted by Gasteiger charge is 2.07. The summed E-state index contributed by atoms with van der Waals surface area (Å²) in [6.45, 7) is -0.852. The van der Waals surface area contributed by atoms with Crippen molar-refractivity contribution in [2.24, 2.45) is 5.73 Å². The van der Waals surface area contributed by atoms with Gasteiger partial charge in [0.05, 0.1) is 0 Å². The lowest BCUT2D eigenvalue weighted by molar-refractivity contribution is -0.128. The Bertz CT molecular complexity index is 72.6. The molecular formula is C3H6NO3. The van der Waals surface area contributed by atoms with Crippen LogP contribution >= 0.6 is 0 Å². The van der Waals surface area contributed by atoms with Crippen LogP contribution in [-0.2, 0) is 9.90 Å². The average molecular weight is 104 g/mol. The minimum Gasteiger partial charge on any atom is -0.381 e. The molecule has 0 aliphatic rings. The number of hydrogen-bond donors (Lipinski definition) is 2. The number of hydrogen-bond acceptors (Lipinski definition) is 2. The lowest BCUT2D eigenvalue weighted by Gasteiger charge is -1.95. The monoisotopic (exact) mass is 104 g/mol. The van der Waals surface area contributed by atoms with Crippen LogP contribution in [0.1, 0.15) is 0 Å². The molecule has 7 heavy (non-hydrogen) atoms. The van der Waals surface area contributed by atoms with Crippen LogP contribution in [0.3, 0.4) is 0 Å². The third-order valence-electron chi connectivity index (χ3n) is 0.486. The molecule has 0 aromatic heterocycles. The van der Waals surface area contributed by atoms with Crippen molar-refractivity contribution in [1.29, 1.82) is 0 Å². The van der Waals surface area contributed by atoms with Crippen LogP contribution in [0.25, 0.3) is 0 Å². The molecule has 0 spiro atoms. The van der Waals surface area contributed by atoms with E-state index < -0.39 is 18.6 Å². The van der Waals surface area contributed by atoms with Gasteiger partial charge in [0.1, 0.15) is 6.61 Å². The van der Waals surface area contributed by atoms with Crippen molar-refractivity contribution >= 4 is 5.91 Å². The van der Waals surface area contributed by atoms with Gasteiger partial charge in [-0.25, -0.2) is 5.11 Å². The largest absolute Gasteiger partial charge is 0.381 e. The van der Waals surface area contributed by atoms with E-state index in [1.54, 1.807) is 0 Å². The molecule has 1 atom stereocenters. The first kappa shape index (κ1) is 6.39. The van der Waals surface area contributed by atoms with E-state index in [0.29, 0.717) is 0 Å². The Balaban J connectivity index is 3.34. The van der Waals surface area contributed by atoms with Crippen LogP contribution < -0.4 is 5.73 Å². The standard InChI is InChI=1S/C3H6NO3/c4-3(7)2(6)1-5/h2,6H,1H2,(H2,4,7)/t2-/m0/s1. The Morgan fingerprint density at radius 2 is 2.29 bits per heavy atom. The summed E-state index contributed by atoms with van der Waals surface area (Å²) < 4.78 is 0. The van der Waals surface area contributed by atoms with Gasteiger partial charge in [-0.15, -0.1) is 0 Å². The van der Waals surface area contributed by atoms with Gasteiger partial charge < -0.3 is 10.8 Å². The average Bonchev–Trinajstić information content (AvgIpc) is 1.65.